The quantitative estimate of drug-likeness (QED) is 0.802. The first kappa shape index (κ1) is 13.2. The minimum absolute atomic E-state index is 0.123. The summed E-state index contributed by atoms with van der Waals surface area (Å²) in [6.07, 6.45) is 0. The zero-order valence-electron chi connectivity index (χ0n) is 10.4. The van der Waals surface area contributed by atoms with Crippen molar-refractivity contribution < 1.29 is 22.7 Å². The predicted octanol–water partition coefficient (Wildman–Crippen LogP) is 3.10. The lowest BCUT2D eigenvalue weighted by atomic mass is 10.1. The van der Waals surface area contributed by atoms with Crippen molar-refractivity contribution in [3.8, 4) is 11.3 Å². The third kappa shape index (κ3) is 2.47. The zero-order chi connectivity index (χ0) is 14.0. The average molecular weight is 267 g/mol. The van der Waals surface area contributed by atoms with E-state index in [1.165, 1.54) is 13.0 Å². The number of benzene rings is 1. The smallest absolute Gasteiger partial charge is 0.376 e. The van der Waals surface area contributed by atoms with Gasteiger partial charge in [0.2, 0.25) is 5.76 Å². The Morgan fingerprint density at radius 3 is 2.58 bits per heavy atom. The summed E-state index contributed by atoms with van der Waals surface area (Å²) >= 11 is 0. The highest BCUT2D eigenvalue weighted by molar-refractivity contribution is 5.93. The van der Waals surface area contributed by atoms with Gasteiger partial charge in [-0.05, 0) is 19.1 Å². The van der Waals surface area contributed by atoms with Gasteiger partial charge in [0.1, 0.15) is 17.3 Å². The van der Waals surface area contributed by atoms with E-state index in [2.05, 4.69) is 4.98 Å². The molecule has 4 nitrogen and oxygen atoms in total. The molecule has 6 heteroatoms. The summed E-state index contributed by atoms with van der Waals surface area (Å²) in [5.41, 5.74) is -0.589. The molecule has 0 bridgehead atoms. The number of oxazole rings is 1. The highest BCUT2D eigenvalue weighted by atomic mass is 19.1. The van der Waals surface area contributed by atoms with E-state index < -0.39 is 23.2 Å². The third-order valence-corrected chi connectivity index (χ3v) is 2.39. The summed E-state index contributed by atoms with van der Waals surface area (Å²) in [5.74, 6) is -2.62. The minimum atomic E-state index is -0.821. The second kappa shape index (κ2) is 5.17. The van der Waals surface area contributed by atoms with Crippen LogP contribution in [0.4, 0.5) is 8.78 Å². The number of aromatic nitrogens is 1. The standard InChI is InChI=1S/C13H11F2NO3/c1-3-18-13(17)12-11(16-7(2)19-12)10-8(14)5-4-6-9(10)15/h4-6H,3H2,1-2H3. The van der Waals surface area contributed by atoms with E-state index in [0.29, 0.717) is 0 Å². The molecule has 1 aromatic carbocycles. The van der Waals surface area contributed by atoms with Gasteiger partial charge in [0.25, 0.3) is 0 Å². The summed E-state index contributed by atoms with van der Waals surface area (Å²) in [4.78, 5) is 15.5. The number of carbonyl (C=O) groups excluding carboxylic acids is 1. The minimum Gasteiger partial charge on any atom is -0.460 e. The van der Waals surface area contributed by atoms with Gasteiger partial charge in [0.05, 0.1) is 12.2 Å². The molecule has 0 fully saturated rings. The first-order chi connectivity index (χ1) is 9.04. The highest BCUT2D eigenvalue weighted by Crippen LogP contribution is 2.29. The molecule has 0 aliphatic rings. The van der Waals surface area contributed by atoms with Gasteiger partial charge < -0.3 is 9.15 Å². The molecule has 0 aliphatic heterocycles. The summed E-state index contributed by atoms with van der Waals surface area (Å²) < 4.78 is 37.2. The topological polar surface area (TPSA) is 52.3 Å². The van der Waals surface area contributed by atoms with Gasteiger partial charge in [-0.15, -0.1) is 0 Å². The van der Waals surface area contributed by atoms with Gasteiger partial charge in [-0.25, -0.2) is 18.6 Å². The van der Waals surface area contributed by atoms with E-state index in [1.54, 1.807) is 6.92 Å². The van der Waals surface area contributed by atoms with Crippen molar-refractivity contribution in [3.05, 3.63) is 41.5 Å². The lowest BCUT2D eigenvalue weighted by Gasteiger charge is -2.03. The van der Waals surface area contributed by atoms with Crippen LogP contribution in [0.3, 0.4) is 0 Å². The molecule has 19 heavy (non-hydrogen) atoms. The van der Waals surface area contributed by atoms with Gasteiger partial charge in [-0.3, -0.25) is 0 Å². The van der Waals surface area contributed by atoms with Crippen LogP contribution in [-0.4, -0.2) is 17.6 Å². The molecule has 0 radical (unpaired) electrons. The molecule has 0 aliphatic carbocycles. The summed E-state index contributed by atoms with van der Waals surface area (Å²) in [6.45, 7) is 3.22. The molecule has 100 valence electrons. The fraction of sp³-hybridized carbons (Fsp3) is 0.231. The molecule has 0 saturated carbocycles. The van der Waals surface area contributed by atoms with Gasteiger partial charge in [-0.1, -0.05) is 6.07 Å². The molecule has 1 heterocycles. The van der Waals surface area contributed by atoms with Crippen molar-refractivity contribution in [3.63, 3.8) is 0 Å². The SMILES string of the molecule is CCOC(=O)c1oc(C)nc1-c1c(F)cccc1F. The second-order valence-electron chi connectivity index (χ2n) is 3.73. The number of rotatable bonds is 3. The molecule has 0 atom stereocenters. The van der Waals surface area contributed by atoms with E-state index in [1.807, 2.05) is 0 Å². The molecule has 0 unspecified atom stereocenters. The second-order valence-corrected chi connectivity index (χ2v) is 3.73. The Balaban J connectivity index is 2.60. The van der Waals surface area contributed by atoms with Crippen molar-refractivity contribution in [1.82, 2.24) is 4.98 Å². The van der Waals surface area contributed by atoms with E-state index in [4.69, 9.17) is 9.15 Å². The number of ether oxygens (including phenoxy) is 1. The molecule has 0 spiro atoms. The van der Waals surface area contributed by atoms with Crippen molar-refractivity contribution in [2.75, 3.05) is 6.61 Å². The van der Waals surface area contributed by atoms with Crippen molar-refractivity contribution in [2.45, 2.75) is 13.8 Å². The van der Waals surface area contributed by atoms with Crippen LogP contribution >= 0.6 is 0 Å². The molecule has 0 saturated heterocycles. The van der Waals surface area contributed by atoms with Crippen LogP contribution in [0.1, 0.15) is 23.4 Å². The number of carbonyl (C=O) groups is 1. The van der Waals surface area contributed by atoms with E-state index in [9.17, 15) is 13.6 Å². The Hall–Kier alpha value is -2.24. The van der Waals surface area contributed by atoms with Crippen molar-refractivity contribution >= 4 is 5.97 Å². The van der Waals surface area contributed by atoms with Gasteiger partial charge in [0.15, 0.2) is 5.89 Å². The van der Waals surface area contributed by atoms with E-state index in [-0.39, 0.29) is 24.0 Å². The van der Waals surface area contributed by atoms with Crippen LogP contribution in [0.5, 0.6) is 0 Å². The predicted molar refractivity (Wildman–Crippen MR) is 62.5 cm³/mol. The largest absolute Gasteiger partial charge is 0.460 e. The average Bonchev–Trinajstić information content (AvgIpc) is 2.71. The fourth-order valence-electron chi connectivity index (χ4n) is 1.66. The number of hydrogen-bond donors (Lipinski definition) is 0. The molecule has 2 aromatic rings. The number of nitrogens with zero attached hydrogens (tertiary/aromatic N) is 1. The number of esters is 1. The first-order valence-electron chi connectivity index (χ1n) is 5.63. The molecule has 2 rings (SSSR count). The zero-order valence-corrected chi connectivity index (χ0v) is 10.4. The molecular weight excluding hydrogens is 256 g/mol. The number of halogens is 2. The fourth-order valence-corrected chi connectivity index (χ4v) is 1.66. The summed E-state index contributed by atoms with van der Waals surface area (Å²) in [7, 11) is 0. The Morgan fingerprint density at radius 1 is 1.37 bits per heavy atom. The lowest BCUT2D eigenvalue weighted by Crippen LogP contribution is -2.06. The molecule has 0 amide bonds. The maximum Gasteiger partial charge on any atom is 0.376 e. The van der Waals surface area contributed by atoms with Gasteiger partial charge in [0, 0.05) is 6.92 Å². The summed E-state index contributed by atoms with van der Waals surface area (Å²) in [5, 5.41) is 0. The van der Waals surface area contributed by atoms with Gasteiger partial charge in [-0.2, -0.15) is 0 Å². The molecular formula is C13H11F2NO3. The maximum absolute atomic E-state index is 13.7. The molecule has 1 aromatic heterocycles. The van der Waals surface area contributed by atoms with Crippen molar-refractivity contribution in [2.24, 2.45) is 0 Å². The monoisotopic (exact) mass is 267 g/mol. The van der Waals surface area contributed by atoms with Gasteiger partial charge >= 0.3 is 5.97 Å². The maximum atomic E-state index is 13.7. The Labute approximate surface area is 108 Å². The van der Waals surface area contributed by atoms with Crippen molar-refractivity contribution in [1.29, 1.82) is 0 Å². The Bertz CT molecular complexity index is 602. The lowest BCUT2D eigenvalue weighted by molar-refractivity contribution is 0.0490. The number of hydrogen-bond acceptors (Lipinski definition) is 4. The third-order valence-electron chi connectivity index (χ3n) is 2.39. The van der Waals surface area contributed by atoms with E-state index in [0.717, 1.165) is 12.1 Å². The van der Waals surface area contributed by atoms with E-state index >= 15 is 0 Å². The molecule has 0 N–H and O–H groups in total. The van der Waals surface area contributed by atoms with Crippen LogP contribution in [0.25, 0.3) is 11.3 Å². The summed E-state index contributed by atoms with van der Waals surface area (Å²) in [6, 6.07) is 3.39. The van der Waals surface area contributed by atoms with Crippen LogP contribution in [-0.2, 0) is 4.74 Å². The Morgan fingerprint density at radius 2 is 2.00 bits per heavy atom. The first-order valence-corrected chi connectivity index (χ1v) is 5.63. The number of aryl methyl sites for hydroxylation is 1. The highest BCUT2D eigenvalue weighted by Gasteiger charge is 2.25. The van der Waals surface area contributed by atoms with Crippen LogP contribution < -0.4 is 0 Å². The normalized spacial score (nSPS) is 10.5. The van der Waals surface area contributed by atoms with Crippen LogP contribution in [0, 0.1) is 18.6 Å². The van der Waals surface area contributed by atoms with Crippen LogP contribution in [0.15, 0.2) is 22.6 Å². The Kier molecular flexibility index (Phi) is 3.59. The van der Waals surface area contributed by atoms with Crippen LogP contribution in [0.2, 0.25) is 0 Å².